The van der Waals surface area contributed by atoms with Gasteiger partial charge in [-0.05, 0) is 58.8 Å². The molecule has 0 fully saturated rings. The monoisotopic (exact) mass is 384 g/mol. The largest absolute Gasteiger partial charge is 0.289 e. The van der Waals surface area contributed by atoms with E-state index in [1.165, 1.54) is 5.56 Å². The summed E-state index contributed by atoms with van der Waals surface area (Å²) < 4.78 is 0.924. The van der Waals surface area contributed by atoms with Crippen molar-refractivity contribution >= 4 is 40.0 Å². The number of rotatable bonds is 4. The maximum Gasteiger partial charge on any atom is 0.194 e. The second kappa shape index (κ2) is 6.53. The van der Waals surface area contributed by atoms with Crippen LogP contribution >= 0.6 is 34.2 Å². The number of hydrogen-bond donors (Lipinski definition) is 0. The van der Waals surface area contributed by atoms with Gasteiger partial charge in [0.15, 0.2) is 5.78 Å². The van der Waals surface area contributed by atoms with Crippen LogP contribution in [0, 0.1) is 3.57 Å². The number of aryl methyl sites for hydroxylation is 1. The summed E-state index contributed by atoms with van der Waals surface area (Å²) in [5.74, 6) is 0.0323. The average Bonchev–Trinajstić information content (AvgIpc) is 2.41. The second-order valence-corrected chi connectivity index (χ2v) is 6.00. The van der Waals surface area contributed by atoms with Crippen LogP contribution in [0.5, 0.6) is 0 Å². The van der Waals surface area contributed by atoms with Gasteiger partial charge in [0.05, 0.1) is 0 Å². The van der Waals surface area contributed by atoms with Gasteiger partial charge >= 0.3 is 0 Å². The Morgan fingerprint density at radius 3 is 2.74 bits per heavy atom. The molecule has 19 heavy (non-hydrogen) atoms. The van der Waals surface area contributed by atoms with Crippen LogP contribution in [-0.2, 0) is 6.42 Å². The van der Waals surface area contributed by atoms with Gasteiger partial charge in [-0.15, -0.1) is 0 Å². The molecule has 0 amide bonds. The van der Waals surface area contributed by atoms with Crippen LogP contribution in [0.3, 0.4) is 0 Å². The Labute approximate surface area is 132 Å². The minimum Gasteiger partial charge on any atom is -0.289 e. The van der Waals surface area contributed by atoms with Gasteiger partial charge < -0.3 is 0 Å². The van der Waals surface area contributed by atoms with Gasteiger partial charge in [0, 0.05) is 19.7 Å². The lowest BCUT2D eigenvalue weighted by molar-refractivity contribution is 0.103. The van der Waals surface area contributed by atoms with E-state index < -0.39 is 0 Å². The number of carbonyl (C=O) groups is 1. The van der Waals surface area contributed by atoms with Crippen LogP contribution in [0.1, 0.15) is 34.8 Å². The van der Waals surface area contributed by atoms with Crippen LogP contribution in [-0.4, -0.2) is 5.78 Å². The predicted octanol–water partition coefficient (Wildman–Crippen LogP) is 5.13. The first-order valence-corrected chi connectivity index (χ1v) is 7.66. The second-order valence-electron chi connectivity index (χ2n) is 4.40. The third kappa shape index (κ3) is 3.57. The Balaban J connectivity index is 2.38. The van der Waals surface area contributed by atoms with E-state index in [-0.39, 0.29) is 5.78 Å². The normalized spacial score (nSPS) is 10.5. The molecule has 1 nitrogen and oxygen atoms in total. The molecule has 2 rings (SSSR count). The molecule has 98 valence electrons. The smallest absolute Gasteiger partial charge is 0.194 e. The van der Waals surface area contributed by atoms with Crippen molar-refractivity contribution in [2.45, 2.75) is 19.8 Å². The van der Waals surface area contributed by atoms with Gasteiger partial charge in [0.1, 0.15) is 0 Å². The molecule has 0 aliphatic rings. The molecule has 0 saturated carbocycles. The van der Waals surface area contributed by atoms with Crippen molar-refractivity contribution in [2.24, 2.45) is 0 Å². The molecule has 0 heterocycles. The number of hydrogen-bond acceptors (Lipinski definition) is 1. The van der Waals surface area contributed by atoms with Crippen molar-refractivity contribution < 1.29 is 4.79 Å². The molecule has 0 unspecified atom stereocenters. The fraction of sp³-hybridized carbons (Fsp3) is 0.188. The van der Waals surface area contributed by atoms with Crippen LogP contribution in [0.4, 0.5) is 0 Å². The summed E-state index contributed by atoms with van der Waals surface area (Å²) in [5, 5.41) is 0.591. The van der Waals surface area contributed by atoms with Crippen molar-refractivity contribution in [1.29, 1.82) is 0 Å². The molecule has 0 spiro atoms. The van der Waals surface area contributed by atoms with Crippen molar-refractivity contribution in [1.82, 2.24) is 0 Å². The van der Waals surface area contributed by atoms with E-state index in [0.717, 1.165) is 22.0 Å². The van der Waals surface area contributed by atoms with Crippen molar-refractivity contribution in [2.75, 3.05) is 0 Å². The molecular weight excluding hydrogens is 371 g/mol. The Bertz CT molecular complexity index is 607. The molecule has 0 aliphatic carbocycles. The van der Waals surface area contributed by atoms with Crippen molar-refractivity contribution in [3.8, 4) is 0 Å². The summed E-state index contributed by atoms with van der Waals surface area (Å²) in [7, 11) is 0. The fourth-order valence-corrected chi connectivity index (χ4v) is 2.74. The van der Waals surface area contributed by atoms with Gasteiger partial charge in [0.25, 0.3) is 0 Å². The van der Waals surface area contributed by atoms with E-state index in [1.807, 2.05) is 24.3 Å². The summed E-state index contributed by atoms with van der Waals surface area (Å²) in [6.45, 7) is 2.13. The average molecular weight is 385 g/mol. The van der Waals surface area contributed by atoms with E-state index >= 15 is 0 Å². The van der Waals surface area contributed by atoms with E-state index in [2.05, 4.69) is 35.6 Å². The van der Waals surface area contributed by atoms with Gasteiger partial charge in [-0.25, -0.2) is 0 Å². The first-order valence-electron chi connectivity index (χ1n) is 6.20. The lowest BCUT2D eigenvalue weighted by Crippen LogP contribution is -2.04. The standard InChI is InChI=1S/C16H14ClIO/c1-2-4-11-5-3-6-12(9-11)16(19)14-10-13(17)7-8-15(14)18/h3,5-10H,2,4H2,1H3. The van der Waals surface area contributed by atoms with Crippen LogP contribution < -0.4 is 0 Å². The lowest BCUT2D eigenvalue weighted by atomic mass is 10.00. The highest BCUT2D eigenvalue weighted by molar-refractivity contribution is 14.1. The molecule has 0 aromatic heterocycles. The van der Waals surface area contributed by atoms with Crippen LogP contribution in [0.25, 0.3) is 0 Å². The third-order valence-electron chi connectivity index (χ3n) is 2.90. The molecule has 0 radical (unpaired) electrons. The fourth-order valence-electron chi connectivity index (χ4n) is 1.98. The number of ketones is 1. The van der Waals surface area contributed by atoms with E-state index in [4.69, 9.17) is 11.6 Å². The quantitative estimate of drug-likeness (QED) is 0.528. The zero-order chi connectivity index (χ0) is 13.8. The summed E-state index contributed by atoms with van der Waals surface area (Å²) in [4.78, 5) is 12.5. The van der Waals surface area contributed by atoms with E-state index in [9.17, 15) is 4.79 Å². The number of halogens is 2. The summed E-state index contributed by atoms with van der Waals surface area (Å²) >= 11 is 8.14. The highest BCUT2D eigenvalue weighted by Crippen LogP contribution is 2.21. The Kier molecular flexibility index (Phi) is 4.99. The van der Waals surface area contributed by atoms with Gasteiger partial charge in [-0.1, -0.05) is 43.1 Å². The minimum absolute atomic E-state index is 0.0323. The first kappa shape index (κ1) is 14.5. The first-order chi connectivity index (χ1) is 9.11. The topological polar surface area (TPSA) is 17.1 Å². The zero-order valence-electron chi connectivity index (χ0n) is 10.6. The summed E-state index contributed by atoms with van der Waals surface area (Å²) in [6.07, 6.45) is 2.07. The molecule has 0 aliphatic heterocycles. The summed E-state index contributed by atoms with van der Waals surface area (Å²) in [5.41, 5.74) is 2.60. The Morgan fingerprint density at radius 1 is 1.21 bits per heavy atom. The Morgan fingerprint density at radius 2 is 2.00 bits per heavy atom. The van der Waals surface area contributed by atoms with Crippen LogP contribution in [0.2, 0.25) is 5.02 Å². The van der Waals surface area contributed by atoms with Gasteiger partial charge in [-0.2, -0.15) is 0 Å². The van der Waals surface area contributed by atoms with Crippen LogP contribution in [0.15, 0.2) is 42.5 Å². The van der Waals surface area contributed by atoms with Crippen molar-refractivity contribution in [3.05, 3.63) is 67.7 Å². The van der Waals surface area contributed by atoms with E-state index in [1.54, 1.807) is 12.1 Å². The SMILES string of the molecule is CCCc1cccc(C(=O)c2cc(Cl)ccc2I)c1. The number of benzene rings is 2. The number of carbonyl (C=O) groups excluding carboxylic acids is 1. The molecule has 0 saturated heterocycles. The highest BCUT2D eigenvalue weighted by Gasteiger charge is 2.13. The van der Waals surface area contributed by atoms with Crippen molar-refractivity contribution in [3.63, 3.8) is 0 Å². The lowest BCUT2D eigenvalue weighted by Gasteiger charge is -2.06. The van der Waals surface area contributed by atoms with E-state index in [0.29, 0.717) is 10.6 Å². The zero-order valence-corrected chi connectivity index (χ0v) is 13.5. The molecule has 0 N–H and O–H groups in total. The highest BCUT2D eigenvalue weighted by atomic mass is 127. The molecule has 3 heteroatoms. The Hall–Kier alpha value is -0.870. The van der Waals surface area contributed by atoms with Gasteiger partial charge in [-0.3, -0.25) is 4.79 Å². The molecule has 2 aromatic carbocycles. The molecular formula is C16H14ClIO. The predicted molar refractivity (Wildman–Crippen MR) is 88.0 cm³/mol. The maximum atomic E-state index is 12.5. The molecule has 2 aromatic rings. The third-order valence-corrected chi connectivity index (χ3v) is 4.08. The molecule has 0 atom stereocenters. The summed E-state index contributed by atoms with van der Waals surface area (Å²) in [6, 6.07) is 13.2. The van der Waals surface area contributed by atoms with Gasteiger partial charge in [0.2, 0.25) is 0 Å². The minimum atomic E-state index is 0.0323. The maximum absolute atomic E-state index is 12.5. The molecule has 0 bridgehead atoms.